The van der Waals surface area contributed by atoms with Gasteiger partial charge in [0.1, 0.15) is 24.7 Å². The highest BCUT2D eigenvalue weighted by atomic mass is 16.5. The molecule has 0 spiro atoms. The molecule has 0 bridgehead atoms. The van der Waals surface area contributed by atoms with Gasteiger partial charge in [0.15, 0.2) is 17.8 Å². The van der Waals surface area contributed by atoms with E-state index in [2.05, 4.69) is 19.9 Å². The fourth-order valence-electron chi connectivity index (χ4n) is 2.47. The summed E-state index contributed by atoms with van der Waals surface area (Å²) in [4.78, 5) is 15.3. The Morgan fingerprint density at radius 3 is 2.88 bits per heavy atom. The van der Waals surface area contributed by atoms with Gasteiger partial charge in [0.25, 0.3) is 0 Å². The van der Waals surface area contributed by atoms with Crippen LogP contribution in [0.3, 0.4) is 0 Å². The van der Waals surface area contributed by atoms with Gasteiger partial charge < -0.3 is 14.1 Å². The molecule has 0 saturated heterocycles. The Morgan fingerprint density at radius 1 is 1.17 bits per heavy atom. The lowest BCUT2D eigenvalue weighted by atomic mass is 10.1. The SMILES string of the molecule is N#Cc1ncoc1-c1c[nH]c2ncnc(OCc3ccccc3)c12. The summed E-state index contributed by atoms with van der Waals surface area (Å²) in [5.41, 5.74) is 2.47. The number of H-pyrrole nitrogens is 1. The molecular weight excluding hydrogens is 306 g/mol. The monoisotopic (exact) mass is 317 g/mol. The van der Waals surface area contributed by atoms with Crippen molar-refractivity contribution in [3.05, 3.63) is 60.5 Å². The number of benzene rings is 1. The molecule has 116 valence electrons. The Balaban J connectivity index is 1.76. The van der Waals surface area contributed by atoms with Crippen molar-refractivity contribution in [1.82, 2.24) is 19.9 Å². The van der Waals surface area contributed by atoms with Crippen LogP contribution in [-0.4, -0.2) is 19.9 Å². The lowest BCUT2D eigenvalue weighted by Gasteiger charge is -2.07. The van der Waals surface area contributed by atoms with Crippen molar-refractivity contribution in [2.24, 2.45) is 0 Å². The molecule has 3 aromatic heterocycles. The number of nitrogens with one attached hydrogen (secondary N) is 1. The standard InChI is InChI=1S/C17H11N5O2/c18-6-13-15(24-10-22-13)12-7-19-16-14(12)17(21-9-20-16)23-8-11-4-2-1-3-5-11/h1-5,7,9-10H,8H2,(H,19,20,21). The van der Waals surface area contributed by atoms with Crippen LogP contribution in [0, 0.1) is 11.3 Å². The third kappa shape index (κ3) is 2.36. The van der Waals surface area contributed by atoms with Gasteiger partial charge in [-0.3, -0.25) is 0 Å². The maximum atomic E-state index is 9.15. The second-order valence-corrected chi connectivity index (χ2v) is 5.02. The quantitative estimate of drug-likeness (QED) is 0.621. The summed E-state index contributed by atoms with van der Waals surface area (Å²) in [5.74, 6) is 0.781. The second-order valence-electron chi connectivity index (χ2n) is 5.02. The molecule has 24 heavy (non-hydrogen) atoms. The third-order valence-corrected chi connectivity index (χ3v) is 3.57. The Bertz CT molecular complexity index is 1030. The zero-order valence-electron chi connectivity index (χ0n) is 12.4. The van der Waals surface area contributed by atoms with Crippen LogP contribution in [0.1, 0.15) is 11.3 Å². The number of hydrogen-bond acceptors (Lipinski definition) is 6. The van der Waals surface area contributed by atoms with Gasteiger partial charge in [0, 0.05) is 6.20 Å². The minimum absolute atomic E-state index is 0.203. The second kappa shape index (κ2) is 5.85. The molecule has 0 aliphatic rings. The van der Waals surface area contributed by atoms with E-state index in [-0.39, 0.29) is 5.69 Å². The van der Waals surface area contributed by atoms with Crippen LogP contribution in [0.5, 0.6) is 5.88 Å². The highest BCUT2D eigenvalue weighted by Gasteiger charge is 2.19. The summed E-state index contributed by atoms with van der Waals surface area (Å²) in [6.45, 7) is 0.374. The molecule has 3 heterocycles. The average molecular weight is 317 g/mol. The van der Waals surface area contributed by atoms with E-state index in [0.29, 0.717) is 34.8 Å². The number of rotatable bonds is 4. The van der Waals surface area contributed by atoms with E-state index in [4.69, 9.17) is 14.4 Å². The van der Waals surface area contributed by atoms with Gasteiger partial charge in [-0.25, -0.2) is 15.0 Å². The zero-order chi connectivity index (χ0) is 16.4. The molecule has 7 heteroatoms. The Kier molecular flexibility index (Phi) is 3.41. The van der Waals surface area contributed by atoms with Gasteiger partial charge in [0.2, 0.25) is 5.88 Å². The number of nitriles is 1. The molecular formula is C17H11N5O2. The maximum Gasteiger partial charge on any atom is 0.227 e. The lowest BCUT2D eigenvalue weighted by Crippen LogP contribution is -1.98. The number of aromatic amines is 1. The van der Waals surface area contributed by atoms with Crippen molar-refractivity contribution in [2.45, 2.75) is 6.61 Å². The number of nitrogens with zero attached hydrogens (tertiary/aromatic N) is 4. The van der Waals surface area contributed by atoms with Crippen LogP contribution in [0.25, 0.3) is 22.4 Å². The first kappa shape index (κ1) is 14.0. The largest absolute Gasteiger partial charge is 0.472 e. The van der Waals surface area contributed by atoms with Gasteiger partial charge in [-0.1, -0.05) is 30.3 Å². The molecule has 7 nitrogen and oxygen atoms in total. The first-order chi connectivity index (χ1) is 11.9. The van der Waals surface area contributed by atoms with E-state index in [1.165, 1.54) is 12.7 Å². The molecule has 0 amide bonds. The highest BCUT2D eigenvalue weighted by Crippen LogP contribution is 2.34. The molecule has 0 aliphatic heterocycles. The van der Waals surface area contributed by atoms with E-state index >= 15 is 0 Å². The fraction of sp³-hybridized carbons (Fsp3) is 0.0588. The van der Waals surface area contributed by atoms with Gasteiger partial charge in [0.05, 0.1) is 10.9 Å². The number of aromatic nitrogens is 4. The lowest BCUT2D eigenvalue weighted by molar-refractivity contribution is 0.297. The Hall–Kier alpha value is -3.66. The molecule has 0 fully saturated rings. The van der Waals surface area contributed by atoms with Crippen LogP contribution < -0.4 is 4.74 Å². The van der Waals surface area contributed by atoms with E-state index in [1.807, 2.05) is 36.4 Å². The minimum Gasteiger partial charge on any atom is -0.472 e. The molecule has 0 radical (unpaired) electrons. The van der Waals surface area contributed by atoms with E-state index in [0.717, 1.165) is 5.56 Å². The smallest absolute Gasteiger partial charge is 0.227 e. The van der Waals surface area contributed by atoms with Crippen LogP contribution in [0.15, 0.2) is 53.7 Å². The fourth-order valence-corrected chi connectivity index (χ4v) is 2.47. The summed E-state index contributed by atoms with van der Waals surface area (Å²) in [7, 11) is 0. The van der Waals surface area contributed by atoms with Crippen molar-refractivity contribution in [1.29, 1.82) is 5.26 Å². The first-order valence-electron chi connectivity index (χ1n) is 7.19. The summed E-state index contributed by atoms with van der Waals surface area (Å²) in [6.07, 6.45) is 4.37. The first-order valence-corrected chi connectivity index (χ1v) is 7.19. The molecule has 0 aliphatic carbocycles. The Morgan fingerprint density at radius 2 is 2.04 bits per heavy atom. The van der Waals surface area contributed by atoms with Crippen molar-refractivity contribution in [3.63, 3.8) is 0 Å². The highest BCUT2D eigenvalue weighted by molar-refractivity contribution is 5.96. The van der Waals surface area contributed by atoms with E-state index in [9.17, 15) is 0 Å². The predicted octanol–water partition coefficient (Wildman–Crippen LogP) is 3.06. The van der Waals surface area contributed by atoms with Crippen LogP contribution in [0.2, 0.25) is 0 Å². The molecule has 4 aromatic rings. The summed E-state index contributed by atoms with van der Waals surface area (Å²) < 4.78 is 11.2. The van der Waals surface area contributed by atoms with E-state index in [1.54, 1.807) is 6.20 Å². The number of fused-ring (bicyclic) bond motifs is 1. The van der Waals surface area contributed by atoms with Crippen molar-refractivity contribution < 1.29 is 9.15 Å². The number of hydrogen-bond donors (Lipinski definition) is 1. The Labute approximate surface area is 136 Å². The van der Waals surface area contributed by atoms with Crippen molar-refractivity contribution in [3.8, 4) is 23.3 Å². The molecule has 4 rings (SSSR count). The van der Waals surface area contributed by atoms with Gasteiger partial charge in [-0.15, -0.1) is 0 Å². The van der Waals surface area contributed by atoms with Gasteiger partial charge in [-0.05, 0) is 5.56 Å². The van der Waals surface area contributed by atoms with E-state index < -0.39 is 0 Å². The normalized spacial score (nSPS) is 10.6. The zero-order valence-corrected chi connectivity index (χ0v) is 12.4. The third-order valence-electron chi connectivity index (χ3n) is 3.57. The number of ether oxygens (including phenoxy) is 1. The van der Waals surface area contributed by atoms with Gasteiger partial charge >= 0.3 is 0 Å². The summed E-state index contributed by atoms with van der Waals surface area (Å²) in [6, 6.07) is 11.8. The molecule has 0 saturated carbocycles. The molecule has 0 atom stereocenters. The average Bonchev–Trinajstić information content (AvgIpc) is 3.27. The summed E-state index contributed by atoms with van der Waals surface area (Å²) >= 11 is 0. The summed E-state index contributed by atoms with van der Waals surface area (Å²) in [5, 5.41) is 9.81. The molecule has 1 N–H and O–H groups in total. The van der Waals surface area contributed by atoms with Crippen molar-refractivity contribution >= 4 is 11.0 Å². The van der Waals surface area contributed by atoms with Crippen LogP contribution in [0.4, 0.5) is 0 Å². The maximum absolute atomic E-state index is 9.15. The van der Waals surface area contributed by atoms with Gasteiger partial charge in [-0.2, -0.15) is 5.26 Å². The van der Waals surface area contributed by atoms with Crippen molar-refractivity contribution in [2.75, 3.05) is 0 Å². The molecule has 1 aromatic carbocycles. The van der Waals surface area contributed by atoms with Crippen LogP contribution in [-0.2, 0) is 6.61 Å². The topological polar surface area (TPSA) is 101 Å². The molecule has 0 unspecified atom stereocenters. The minimum atomic E-state index is 0.203. The van der Waals surface area contributed by atoms with Crippen LogP contribution >= 0.6 is 0 Å². The number of oxazole rings is 1. The predicted molar refractivity (Wildman–Crippen MR) is 84.9 cm³/mol.